The van der Waals surface area contributed by atoms with E-state index in [-0.39, 0.29) is 18.1 Å². The van der Waals surface area contributed by atoms with Gasteiger partial charge in [0.1, 0.15) is 5.82 Å². The Morgan fingerprint density at radius 3 is 2.68 bits per heavy atom. The number of amides is 1. The van der Waals surface area contributed by atoms with Crippen molar-refractivity contribution in [2.45, 2.75) is 13.0 Å². The Labute approximate surface area is 170 Å². The Hall–Kier alpha value is -2.83. The number of nitrogens with zero attached hydrogens (tertiary/aromatic N) is 3. The molecule has 0 N–H and O–H groups in total. The fourth-order valence-corrected chi connectivity index (χ4v) is 4.07. The zero-order valence-corrected chi connectivity index (χ0v) is 16.3. The van der Waals surface area contributed by atoms with E-state index in [1.165, 1.54) is 23.5 Å². The highest BCUT2D eigenvalue weighted by Crippen LogP contribution is 2.32. The highest BCUT2D eigenvalue weighted by molar-refractivity contribution is 7.22. The number of carbonyl (C=O) groups excluding carboxylic acids is 1. The lowest BCUT2D eigenvalue weighted by atomic mass is 10.1. The Kier molecular flexibility index (Phi) is 5.32. The first-order valence-corrected chi connectivity index (χ1v) is 9.78. The summed E-state index contributed by atoms with van der Waals surface area (Å²) in [5.41, 5.74) is 2.43. The number of carbonyl (C=O) groups is 1. The third-order valence-corrected chi connectivity index (χ3v) is 5.48. The number of halogens is 2. The van der Waals surface area contributed by atoms with Gasteiger partial charge in [0, 0.05) is 17.4 Å². The third kappa shape index (κ3) is 4.18. The van der Waals surface area contributed by atoms with E-state index in [9.17, 15) is 9.18 Å². The summed E-state index contributed by atoms with van der Waals surface area (Å²) in [7, 11) is 0. The summed E-state index contributed by atoms with van der Waals surface area (Å²) < 4.78 is 14.1. The molecule has 1 amide bonds. The lowest BCUT2D eigenvalue weighted by Gasteiger charge is -2.20. The van der Waals surface area contributed by atoms with Crippen LogP contribution in [-0.4, -0.2) is 15.9 Å². The van der Waals surface area contributed by atoms with Crippen LogP contribution >= 0.6 is 22.9 Å². The van der Waals surface area contributed by atoms with Gasteiger partial charge in [0.15, 0.2) is 5.13 Å². The number of anilines is 1. The van der Waals surface area contributed by atoms with Crippen LogP contribution in [0.25, 0.3) is 10.2 Å². The first-order valence-electron chi connectivity index (χ1n) is 8.58. The van der Waals surface area contributed by atoms with Crippen LogP contribution in [0.15, 0.2) is 67.0 Å². The van der Waals surface area contributed by atoms with E-state index >= 15 is 0 Å². The lowest BCUT2D eigenvalue weighted by Crippen LogP contribution is -2.31. The van der Waals surface area contributed by atoms with Gasteiger partial charge in [0.25, 0.3) is 0 Å². The first kappa shape index (κ1) is 18.5. The van der Waals surface area contributed by atoms with Crippen LogP contribution < -0.4 is 4.90 Å². The summed E-state index contributed by atoms with van der Waals surface area (Å²) in [4.78, 5) is 23.5. The normalized spacial score (nSPS) is 10.9. The van der Waals surface area contributed by atoms with E-state index in [2.05, 4.69) is 9.97 Å². The smallest absolute Gasteiger partial charge is 0.233 e. The van der Waals surface area contributed by atoms with E-state index in [1.807, 2.05) is 24.3 Å². The molecule has 28 heavy (non-hydrogen) atoms. The molecule has 2 aromatic heterocycles. The summed E-state index contributed by atoms with van der Waals surface area (Å²) in [6, 6.07) is 15.1. The number of aromatic nitrogens is 2. The molecule has 0 radical (unpaired) electrons. The molecular weight excluding hydrogens is 397 g/mol. The Balaban J connectivity index is 1.67. The number of hydrogen-bond donors (Lipinski definition) is 0. The van der Waals surface area contributed by atoms with Gasteiger partial charge in [-0.1, -0.05) is 41.1 Å². The minimum absolute atomic E-state index is 0.124. The second-order valence-electron chi connectivity index (χ2n) is 6.25. The Bertz CT molecular complexity index is 1120. The van der Waals surface area contributed by atoms with Crippen molar-refractivity contribution in [1.82, 2.24) is 9.97 Å². The van der Waals surface area contributed by atoms with Crippen LogP contribution in [0.1, 0.15) is 11.1 Å². The van der Waals surface area contributed by atoms with Gasteiger partial charge in [-0.15, -0.1) is 0 Å². The van der Waals surface area contributed by atoms with Crippen LogP contribution in [0.5, 0.6) is 0 Å². The predicted octanol–water partition coefficient (Wildman–Crippen LogP) is 5.26. The number of rotatable bonds is 5. The quantitative estimate of drug-likeness (QED) is 0.450. The molecule has 140 valence electrons. The average Bonchev–Trinajstić information content (AvgIpc) is 3.11. The van der Waals surface area contributed by atoms with E-state index in [0.29, 0.717) is 16.7 Å². The molecule has 0 aliphatic heterocycles. The molecule has 2 aromatic carbocycles. The van der Waals surface area contributed by atoms with Gasteiger partial charge in [-0.3, -0.25) is 14.7 Å². The first-order chi connectivity index (χ1) is 13.6. The second-order valence-corrected chi connectivity index (χ2v) is 7.70. The zero-order chi connectivity index (χ0) is 19.5. The number of thiazole rings is 1. The minimum atomic E-state index is -0.327. The second kappa shape index (κ2) is 8.04. The van der Waals surface area contributed by atoms with E-state index in [0.717, 1.165) is 21.3 Å². The number of hydrogen-bond acceptors (Lipinski definition) is 4. The van der Waals surface area contributed by atoms with Crippen molar-refractivity contribution in [1.29, 1.82) is 0 Å². The van der Waals surface area contributed by atoms with Crippen molar-refractivity contribution < 1.29 is 9.18 Å². The Morgan fingerprint density at radius 1 is 1.11 bits per heavy atom. The standard InChI is InChI=1S/C21H15ClFN3OS/c22-16-5-8-18-19(11-16)28-21(25-18)26(13-15-2-1-9-24-12-15)20(27)10-14-3-6-17(23)7-4-14/h1-9,11-12H,10,13H2. The molecule has 0 saturated heterocycles. The Morgan fingerprint density at radius 2 is 1.93 bits per heavy atom. The molecule has 0 aliphatic carbocycles. The zero-order valence-electron chi connectivity index (χ0n) is 14.7. The summed E-state index contributed by atoms with van der Waals surface area (Å²) >= 11 is 7.49. The largest absolute Gasteiger partial charge is 0.283 e. The maximum atomic E-state index is 13.2. The van der Waals surface area contributed by atoms with Gasteiger partial charge in [-0.2, -0.15) is 0 Å². The molecule has 0 fully saturated rings. The van der Waals surface area contributed by atoms with Crippen molar-refractivity contribution in [2.24, 2.45) is 0 Å². The van der Waals surface area contributed by atoms with Crippen LogP contribution in [0.3, 0.4) is 0 Å². The van der Waals surface area contributed by atoms with Crippen molar-refractivity contribution in [3.8, 4) is 0 Å². The highest BCUT2D eigenvalue weighted by atomic mass is 35.5. The van der Waals surface area contributed by atoms with Gasteiger partial charge in [0.2, 0.25) is 5.91 Å². The molecule has 4 aromatic rings. The fraction of sp³-hybridized carbons (Fsp3) is 0.0952. The van der Waals surface area contributed by atoms with Crippen LogP contribution in [-0.2, 0) is 17.8 Å². The molecule has 4 nitrogen and oxygen atoms in total. The molecule has 0 saturated carbocycles. The molecule has 0 unspecified atom stereocenters. The minimum Gasteiger partial charge on any atom is -0.283 e. The summed E-state index contributed by atoms with van der Waals surface area (Å²) in [6.45, 7) is 0.349. The van der Waals surface area contributed by atoms with E-state index < -0.39 is 0 Å². The monoisotopic (exact) mass is 411 g/mol. The SMILES string of the molecule is O=C(Cc1ccc(F)cc1)N(Cc1cccnc1)c1nc2ccc(Cl)cc2s1. The molecule has 0 aliphatic rings. The average molecular weight is 412 g/mol. The maximum absolute atomic E-state index is 13.2. The molecule has 7 heteroatoms. The highest BCUT2D eigenvalue weighted by Gasteiger charge is 2.21. The van der Waals surface area contributed by atoms with E-state index in [1.54, 1.807) is 35.5 Å². The number of benzene rings is 2. The molecule has 0 spiro atoms. The van der Waals surface area contributed by atoms with Gasteiger partial charge in [-0.05, 0) is 47.5 Å². The summed E-state index contributed by atoms with van der Waals surface area (Å²) in [5, 5.41) is 1.22. The maximum Gasteiger partial charge on any atom is 0.233 e. The van der Waals surface area contributed by atoms with Crippen molar-refractivity contribution in [3.63, 3.8) is 0 Å². The van der Waals surface area contributed by atoms with Crippen LogP contribution in [0, 0.1) is 5.82 Å². The summed E-state index contributed by atoms with van der Waals surface area (Å²) in [6.07, 6.45) is 3.56. The molecule has 0 atom stereocenters. The van der Waals surface area contributed by atoms with Gasteiger partial charge >= 0.3 is 0 Å². The van der Waals surface area contributed by atoms with Crippen molar-refractivity contribution in [2.75, 3.05) is 4.90 Å². The van der Waals surface area contributed by atoms with Crippen LogP contribution in [0.2, 0.25) is 5.02 Å². The third-order valence-electron chi connectivity index (χ3n) is 4.20. The van der Waals surface area contributed by atoms with Gasteiger partial charge in [-0.25, -0.2) is 9.37 Å². The molecule has 0 bridgehead atoms. The summed E-state index contributed by atoms with van der Waals surface area (Å²) in [5.74, 6) is -0.452. The van der Waals surface area contributed by atoms with Gasteiger partial charge in [0.05, 0.1) is 23.2 Å². The lowest BCUT2D eigenvalue weighted by molar-refractivity contribution is -0.118. The van der Waals surface area contributed by atoms with Crippen molar-refractivity contribution in [3.05, 3.63) is 89.0 Å². The number of fused-ring (bicyclic) bond motifs is 1. The van der Waals surface area contributed by atoms with Crippen LogP contribution in [0.4, 0.5) is 9.52 Å². The molecule has 4 rings (SSSR count). The number of pyridine rings is 1. The molecule has 2 heterocycles. The molecular formula is C21H15ClFN3OS. The topological polar surface area (TPSA) is 46.1 Å². The van der Waals surface area contributed by atoms with E-state index in [4.69, 9.17) is 11.6 Å². The van der Waals surface area contributed by atoms with Crippen molar-refractivity contribution >= 4 is 44.2 Å². The van der Waals surface area contributed by atoms with Gasteiger partial charge < -0.3 is 0 Å². The predicted molar refractivity (Wildman–Crippen MR) is 110 cm³/mol. The fourth-order valence-electron chi connectivity index (χ4n) is 2.81.